The van der Waals surface area contributed by atoms with Gasteiger partial charge in [0.25, 0.3) is 5.91 Å². The zero-order chi connectivity index (χ0) is 14.5. The van der Waals surface area contributed by atoms with Gasteiger partial charge in [0.15, 0.2) is 0 Å². The molecule has 1 amide bonds. The molecule has 5 nitrogen and oxygen atoms in total. The molecule has 102 valence electrons. The second kappa shape index (κ2) is 5.97. The predicted molar refractivity (Wildman–Crippen MR) is 74.7 cm³/mol. The second-order valence-electron chi connectivity index (χ2n) is 4.23. The molecule has 0 aliphatic rings. The van der Waals surface area contributed by atoms with Gasteiger partial charge in [-0.05, 0) is 25.1 Å². The van der Waals surface area contributed by atoms with E-state index in [1.807, 2.05) is 19.1 Å². The lowest BCUT2D eigenvalue weighted by Gasteiger charge is -2.08. The van der Waals surface area contributed by atoms with Crippen LogP contribution < -0.4 is 5.32 Å². The summed E-state index contributed by atoms with van der Waals surface area (Å²) in [6.45, 7) is 1.96. The first-order valence-corrected chi connectivity index (χ1v) is 6.02. The SMILES string of the molecule is COC(=O)c1ccncc1C(=O)Nc1ccc(C)cc1. The molecule has 0 aliphatic heterocycles. The summed E-state index contributed by atoms with van der Waals surface area (Å²) in [5.41, 5.74) is 2.12. The van der Waals surface area contributed by atoms with Crippen LogP contribution in [0.3, 0.4) is 0 Å². The normalized spacial score (nSPS) is 9.90. The highest BCUT2D eigenvalue weighted by Gasteiger charge is 2.17. The largest absolute Gasteiger partial charge is 0.465 e. The summed E-state index contributed by atoms with van der Waals surface area (Å²) >= 11 is 0. The fourth-order valence-corrected chi connectivity index (χ4v) is 1.70. The number of hydrogen-bond acceptors (Lipinski definition) is 4. The van der Waals surface area contributed by atoms with E-state index >= 15 is 0 Å². The molecule has 0 bridgehead atoms. The van der Waals surface area contributed by atoms with Crippen molar-refractivity contribution in [3.63, 3.8) is 0 Å². The summed E-state index contributed by atoms with van der Waals surface area (Å²) in [5.74, 6) is -0.969. The number of nitrogens with one attached hydrogen (secondary N) is 1. The third kappa shape index (κ3) is 3.00. The van der Waals surface area contributed by atoms with Crippen LogP contribution in [0.5, 0.6) is 0 Å². The molecule has 2 rings (SSSR count). The van der Waals surface area contributed by atoms with Crippen molar-refractivity contribution in [1.82, 2.24) is 4.98 Å². The topological polar surface area (TPSA) is 68.3 Å². The van der Waals surface area contributed by atoms with Crippen LogP contribution in [0.4, 0.5) is 5.69 Å². The number of rotatable bonds is 3. The van der Waals surface area contributed by atoms with E-state index in [2.05, 4.69) is 15.0 Å². The van der Waals surface area contributed by atoms with Gasteiger partial charge < -0.3 is 10.1 Å². The van der Waals surface area contributed by atoms with Crippen molar-refractivity contribution in [2.75, 3.05) is 12.4 Å². The molecule has 0 saturated carbocycles. The Morgan fingerprint density at radius 2 is 1.80 bits per heavy atom. The molecule has 1 aromatic carbocycles. The Morgan fingerprint density at radius 3 is 2.45 bits per heavy atom. The van der Waals surface area contributed by atoms with Crippen LogP contribution >= 0.6 is 0 Å². The van der Waals surface area contributed by atoms with Crippen molar-refractivity contribution < 1.29 is 14.3 Å². The van der Waals surface area contributed by atoms with Crippen molar-refractivity contribution >= 4 is 17.6 Å². The molecule has 0 atom stereocenters. The number of aromatic nitrogens is 1. The van der Waals surface area contributed by atoms with Gasteiger partial charge in [0, 0.05) is 18.1 Å². The van der Waals surface area contributed by atoms with Crippen LogP contribution in [-0.4, -0.2) is 24.0 Å². The van der Waals surface area contributed by atoms with Crippen LogP contribution in [0.1, 0.15) is 26.3 Å². The van der Waals surface area contributed by atoms with Crippen molar-refractivity contribution in [3.05, 3.63) is 59.4 Å². The average Bonchev–Trinajstić information content (AvgIpc) is 2.48. The zero-order valence-electron chi connectivity index (χ0n) is 11.2. The Kier molecular flexibility index (Phi) is 4.10. The Balaban J connectivity index is 2.25. The van der Waals surface area contributed by atoms with Gasteiger partial charge >= 0.3 is 5.97 Å². The number of ether oxygens (including phenoxy) is 1. The Labute approximate surface area is 116 Å². The minimum Gasteiger partial charge on any atom is -0.465 e. The van der Waals surface area contributed by atoms with Gasteiger partial charge in [0.2, 0.25) is 0 Å². The third-order valence-electron chi connectivity index (χ3n) is 2.78. The first kappa shape index (κ1) is 13.7. The molecule has 0 saturated heterocycles. The number of aryl methyl sites for hydroxylation is 1. The van der Waals surface area contributed by atoms with Crippen LogP contribution in [0.15, 0.2) is 42.7 Å². The van der Waals surface area contributed by atoms with E-state index in [4.69, 9.17) is 0 Å². The monoisotopic (exact) mass is 270 g/mol. The molecule has 0 unspecified atom stereocenters. The number of esters is 1. The zero-order valence-corrected chi connectivity index (χ0v) is 11.2. The lowest BCUT2D eigenvalue weighted by Crippen LogP contribution is -2.17. The average molecular weight is 270 g/mol. The van der Waals surface area contributed by atoms with Gasteiger partial charge in [0.05, 0.1) is 18.2 Å². The van der Waals surface area contributed by atoms with Crippen molar-refractivity contribution in [2.45, 2.75) is 6.92 Å². The fraction of sp³-hybridized carbons (Fsp3) is 0.133. The molecule has 0 radical (unpaired) electrons. The quantitative estimate of drug-likeness (QED) is 0.870. The van der Waals surface area contributed by atoms with Crippen molar-refractivity contribution in [3.8, 4) is 0 Å². The molecular formula is C15H14N2O3. The van der Waals surface area contributed by atoms with Crippen LogP contribution in [0.2, 0.25) is 0 Å². The fourth-order valence-electron chi connectivity index (χ4n) is 1.70. The second-order valence-corrected chi connectivity index (χ2v) is 4.23. The Bertz CT molecular complexity index is 636. The van der Waals surface area contributed by atoms with Crippen LogP contribution in [0, 0.1) is 6.92 Å². The lowest BCUT2D eigenvalue weighted by atomic mass is 10.1. The molecule has 0 fully saturated rings. The maximum absolute atomic E-state index is 12.2. The Morgan fingerprint density at radius 1 is 1.10 bits per heavy atom. The highest BCUT2D eigenvalue weighted by Crippen LogP contribution is 2.13. The minimum atomic E-state index is -0.568. The number of methoxy groups -OCH3 is 1. The summed E-state index contributed by atoms with van der Waals surface area (Å²) in [6, 6.07) is 8.82. The maximum Gasteiger partial charge on any atom is 0.338 e. The summed E-state index contributed by atoms with van der Waals surface area (Å²) in [5, 5.41) is 2.72. The van der Waals surface area contributed by atoms with Crippen molar-refractivity contribution in [2.24, 2.45) is 0 Å². The number of nitrogens with zero attached hydrogens (tertiary/aromatic N) is 1. The van der Waals surface area contributed by atoms with Gasteiger partial charge in [-0.15, -0.1) is 0 Å². The van der Waals surface area contributed by atoms with Crippen LogP contribution in [0.25, 0.3) is 0 Å². The summed E-state index contributed by atoms with van der Waals surface area (Å²) in [6.07, 6.45) is 2.78. The predicted octanol–water partition coefficient (Wildman–Crippen LogP) is 2.43. The molecule has 0 aliphatic carbocycles. The first-order chi connectivity index (χ1) is 9.61. The van der Waals surface area contributed by atoms with E-state index in [-0.39, 0.29) is 11.1 Å². The molecule has 1 aromatic heterocycles. The summed E-state index contributed by atoms with van der Waals surface area (Å²) < 4.78 is 4.65. The standard InChI is InChI=1S/C15H14N2O3/c1-10-3-5-11(6-4-10)17-14(18)13-9-16-8-7-12(13)15(19)20-2/h3-9H,1-2H3,(H,17,18). The van der Waals surface area contributed by atoms with E-state index in [0.717, 1.165) is 5.56 Å². The van der Waals surface area contributed by atoms with Gasteiger partial charge in [-0.25, -0.2) is 4.79 Å². The Hall–Kier alpha value is -2.69. The number of amides is 1. The molecular weight excluding hydrogens is 256 g/mol. The van der Waals surface area contributed by atoms with E-state index in [1.54, 1.807) is 12.1 Å². The molecule has 5 heteroatoms. The summed E-state index contributed by atoms with van der Waals surface area (Å²) in [7, 11) is 1.27. The van der Waals surface area contributed by atoms with Gasteiger partial charge in [-0.2, -0.15) is 0 Å². The number of anilines is 1. The molecule has 20 heavy (non-hydrogen) atoms. The third-order valence-corrected chi connectivity index (χ3v) is 2.78. The molecule has 2 aromatic rings. The number of benzene rings is 1. The molecule has 1 N–H and O–H groups in total. The van der Waals surface area contributed by atoms with Crippen molar-refractivity contribution in [1.29, 1.82) is 0 Å². The maximum atomic E-state index is 12.2. The van der Waals surface area contributed by atoms with Crippen LogP contribution in [-0.2, 0) is 4.74 Å². The molecule has 0 spiro atoms. The number of carbonyl (C=O) groups excluding carboxylic acids is 2. The first-order valence-electron chi connectivity index (χ1n) is 6.02. The van der Waals surface area contributed by atoms with E-state index in [1.165, 1.54) is 25.6 Å². The van der Waals surface area contributed by atoms with E-state index in [0.29, 0.717) is 5.69 Å². The van der Waals surface area contributed by atoms with Gasteiger partial charge in [-0.3, -0.25) is 9.78 Å². The highest BCUT2D eigenvalue weighted by atomic mass is 16.5. The number of hydrogen-bond donors (Lipinski definition) is 1. The lowest BCUT2D eigenvalue weighted by molar-refractivity contribution is 0.0597. The van der Waals surface area contributed by atoms with E-state index in [9.17, 15) is 9.59 Å². The summed E-state index contributed by atoms with van der Waals surface area (Å²) in [4.78, 5) is 27.7. The minimum absolute atomic E-state index is 0.180. The smallest absolute Gasteiger partial charge is 0.338 e. The van der Waals surface area contributed by atoms with E-state index < -0.39 is 11.9 Å². The number of carbonyl (C=O) groups is 2. The van der Waals surface area contributed by atoms with Gasteiger partial charge in [-0.1, -0.05) is 17.7 Å². The number of pyridine rings is 1. The highest BCUT2D eigenvalue weighted by molar-refractivity contribution is 6.10. The van der Waals surface area contributed by atoms with Gasteiger partial charge in [0.1, 0.15) is 0 Å². The molecule has 1 heterocycles.